The van der Waals surface area contributed by atoms with Crippen LogP contribution in [-0.2, 0) is 11.3 Å². The highest BCUT2D eigenvalue weighted by Gasteiger charge is 2.41. The second-order valence-electron chi connectivity index (χ2n) is 4.11. The molecule has 0 bridgehead atoms. The first kappa shape index (κ1) is 17.4. The van der Waals surface area contributed by atoms with Gasteiger partial charge in [0, 0.05) is 6.54 Å². The van der Waals surface area contributed by atoms with Crippen molar-refractivity contribution in [1.82, 2.24) is 15.1 Å². The van der Waals surface area contributed by atoms with Crippen LogP contribution < -0.4 is 5.32 Å². The van der Waals surface area contributed by atoms with Crippen molar-refractivity contribution in [3.63, 3.8) is 0 Å². The third-order valence-corrected chi connectivity index (χ3v) is 3.32. The topological polar surface area (TPSA) is 39.1 Å². The quantitative estimate of drug-likeness (QED) is 0.723. The van der Waals surface area contributed by atoms with Gasteiger partial charge in [0.15, 0.2) is 0 Å². The predicted octanol–water partition coefficient (Wildman–Crippen LogP) is 2.84. The number of aromatic nitrogens is 2. The minimum Gasteiger partial charge on any atom is -0.373 e. The summed E-state index contributed by atoms with van der Waals surface area (Å²) in [7, 11) is 1.62. The molecule has 1 N–H and O–H groups in total. The van der Waals surface area contributed by atoms with Crippen molar-refractivity contribution in [2.45, 2.75) is 31.9 Å². The highest BCUT2D eigenvalue weighted by Crippen LogP contribution is 2.26. The fourth-order valence-electron chi connectivity index (χ4n) is 1.65. The van der Waals surface area contributed by atoms with Crippen molar-refractivity contribution in [3.05, 3.63) is 16.4 Å². The first-order chi connectivity index (χ1) is 9.33. The van der Waals surface area contributed by atoms with Crippen molar-refractivity contribution in [1.29, 1.82) is 0 Å². The molecular formula is C11H16BrF4N3O. The van der Waals surface area contributed by atoms with Crippen molar-refractivity contribution in [2.24, 2.45) is 0 Å². The van der Waals surface area contributed by atoms with Crippen LogP contribution in [0.3, 0.4) is 0 Å². The fourth-order valence-corrected chi connectivity index (χ4v) is 2.22. The average Bonchev–Trinajstić information content (AvgIpc) is 2.76. The summed E-state index contributed by atoms with van der Waals surface area (Å²) in [5, 5.41) is 6.98. The van der Waals surface area contributed by atoms with Gasteiger partial charge in [-0.2, -0.15) is 13.9 Å². The molecule has 116 valence electrons. The molecular weight excluding hydrogens is 346 g/mol. The van der Waals surface area contributed by atoms with Crippen LogP contribution in [0, 0.1) is 0 Å². The number of halogens is 5. The van der Waals surface area contributed by atoms with Crippen molar-refractivity contribution >= 4 is 15.9 Å². The Morgan fingerprint density at radius 3 is 2.65 bits per heavy atom. The van der Waals surface area contributed by atoms with Gasteiger partial charge >= 0.3 is 12.3 Å². The van der Waals surface area contributed by atoms with Gasteiger partial charge in [0.25, 0.3) is 0 Å². The van der Waals surface area contributed by atoms with E-state index < -0.39 is 25.0 Å². The van der Waals surface area contributed by atoms with Crippen molar-refractivity contribution in [3.8, 4) is 0 Å². The van der Waals surface area contributed by atoms with Crippen LogP contribution in [0.15, 0.2) is 10.7 Å². The molecule has 9 heteroatoms. The Labute approximate surface area is 122 Å². The van der Waals surface area contributed by atoms with Gasteiger partial charge in [0.05, 0.1) is 29.0 Å². The third kappa shape index (κ3) is 4.16. The van der Waals surface area contributed by atoms with E-state index in [-0.39, 0.29) is 6.61 Å². The van der Waals surface area contributed by atoms with Gasteiger partial charge < -0.3 is 10.1 Å². The normalized spacial score (nSPS) is 14.0. The molecule has 20 heavy (non-hydrogen) atoms. The van der Waals surface area contributed by atoms with Crippen LogP contribution >= 0.6 is 15.9 Å². The first-order valence-corrected chi connectivity index (χ1v) is 6.75. The van der Waals surface area contributed by atoms with Crippen molar-refractivity contribution in [2.75, 3.05) is 20.3 Å². The van der Waals surface area contributed by atoms with Crippen LogP contribution in [-0.4, -0.2) is 42.4 Å². The Morgan fingerprint density at radius 2 is 2.15 bits per heavy atom. The lowest BCUT2D eigenvalue weighted by atomic mass is 10.2. The summed E-state index contributed by atoms with van der Waals surface area (Å²) in [6, 6.07) is -0.430. The fraction of sp³-hybridized carbons (Fsp3) is 0.727. The summed E-state index contributed by atoms with van der Waals surface area (Å²) >= 11 is 3.31. The standard InChI is InChI=1S/C11H16BrF4N3O/c1-3-19-9(7(12)4-18-19)8(17-2)5-20-6-11(15,16)10(13)14/h4,8,10,17H,3,5-6H2,1-2H3. The molecule has 0 aromatic carbocycles. The number of nitrogens with one attached hydrogen (secondary N) is 1. The summed E-state index contributed by atoms with van der Waals surface area (Å²) in [6.07, 6.45) is -2.15. The van der Waals surface area contributed by atoms with Gasteiger partial charge in [-0.05, 0) is 29.9 Å². The summed E-state index contributed by atoms with van der Waals surface area (Å²) < 4.78 is 56.6. The molecule has 1 unspecified atom stereocenters. The number of alkyl halides is 4. The van der Waals surface area contributed by atoms with E-state index in [1.165, 1.54) is 0 Å². The van der Waals surface area contributed by atoms with Crippen LogP contribution in [0.5, 0.6) is 0 Å². The van der Waals surface area contributed by atoms with Crippen LogP contribution in [0.4, 0.5) is 17.6 Å². The summed E-state index contributed by atoms with van der Waals surface area (Å²) in [5.41, 5.74) is 0.718. The minimum absolute atomic E-state index is 0.164. The lowest BCUT2D eigenvalue weighted by Gasteiger charge is -2.20. The molecule has 1 atom stereocenters. The molecule has 0 radical (unpaired) electrons. The molecule has 1 rings (SSSR count). The zero-order valence-corrected chi connectivity index (χ0v) is 12.6. The van der Waals surface area contributed by atoms with E-state index in [0.717, 1.165) is 5.69 Å². The van der Waals surface area contributed by atoms with Gasteiger partial charge in [0.2, 0.25) is 0 Å². The Bertz CT molecular complexity index is 428. The van der Waals surface area contributed by atoms with E-state index in [1.54, 1.807) is 17.9 Å². The molecule has 1 aromatic rings. The Hall–Kier alpha value is -0.670. The minimum atomic E-state index is -4.14. The highest BCUT2D eigenvalue weighted by atomic mass is 79.9. The van der Waals surface area contributed by atoms with Crippen LogP contribution in [0.25, 0.3) is 0 Å². The highest BCUT2D eigenvalue weighted by molar-refractivity contribution is 9.10. The molecule has 0 saturated carbocycles. The second-order valence-corrected chi connectivity index (χ2v) is 4.97. The van der Waals surface area contributed by atoms with Gasteiger partial charge in [-0.25, -0.2) is 8.78 Å². The Kier molecular flexibility index (Phi) is 6.41. The van der Waals surface area contributed by atoms with Crippen LogP contribution in [0.2, 0.25) is 0 Å². The van der Waals surface area contributed by atoms with E-state index in [9.17, 15) is 17.6 Å². The zero-order chi connectivity index (χ0) is 15.3. The molecule has 4 nitrogen and oxygen atoms in total. The summed E-state index contributed by atoms with van der Waals surface area (Å²) in [5.74, 6) is -4.14. The molecule has 0 aliphatic heterocycles. The average molecular weight is 362 g/mol. The number of likely N-dealkylation sites (N-methyl/N-ethyl adjacent to an activating group) is 1. The Balaban J connectivity index is 2.67. The van der Waals surface area contributed by atoms with Gasteiger partial charge in [-0.1, -0.05) is 0 Å². The van der Waals surface area contributed by atoms with E-state index in [2.05, 4.69) is 26.3 Å². The van der Waals surface area contributed by atoms with Crippen LogP contribution in [0.1, 0.15) is 18.7 Å². The largest absolute Gasteiger partial charge is 0.373 e. The maximum atomic E-state index is 12.7. The van der Waals surface area contributed by atoms with Crippen molar-refractivity contribution < 1.29 is 22.3 Å². The maximum Gasteiger partial charge on any atom is 0.330 e. The number of hydrogen-bond donors (Lipinski definition) is 1. The summed E-state index contributed by atoms with van der Waals surface area (Å²) in [4.78, 5) is 0. The monoisotopic (exact) mass is 361 g/mol. The zero-order valence-electron chi connectivity index (χ0n) is 11.0. The second kappa shape index (κ2) is 7.37. The van der Waals surface area contributed by atoms with E-state index >= 15 is 0 Å². The lowest BCUT2D eigenvalue weighted by molar-refractivity contribution is -0.167. The molecule has 0 aliphatic rings. The number of hydrogen-bond acceptors (Lipinski definition) is 3. The number of ether oxygens (including phenoxy) is 1. The molecule has 0 amide bonds. The van der Waals surface area contributed by atoms with E-state index in [4.69, 9.17) is 4.74 Å². The van der Waals surface area contributed by atoms with Gasteiger partial charge in [0.1, 0.15) is 6.61 Å². The maximum absolute atomic E-state index is 12.7. The number of aryl methyl sites for hydroxylation is 1. The third-order valence-electron chi connectivity index (χ3n) is 2.71. The number of rotatable bonds is 8. The molecule has 0 saturated heterocycles. The molecule has 0 spiro atoms. The van der Waals surface area contributed by atoms with E-state index in [1.807, 2.05) is 6.92 Å². The first-order valence-electron chi connectivity index (χ1n) is 5.95. The lowest BCUT2D eigenvalue weighted by Crippen LogP contribution is -2.34. The summed E-state index contributed by atoms with van der Waals surface area (Å²) in [6.45, 7) is 0.984. The SMILES string of the molecule is CCn1ncc(Br)c1C(COCC(F)(F)C(F)F)NC. The van der Waals surface area contributed by atoms with Gasteiger partial charge in [-0.15, -0.1) is 0 Å². The van der Waals surface area contributed by atoms with Gasteiger partial charge in [-0.3, -0.25) is 4.68 Å². The Morgan fingerprint density at radius 1 is 1.50 bits per heavy atom. The molecule has 0 fully saturated rings. The smallest absolute Gasteiger partial charge is 0.330 e. The molecule has 1 aromatic heterocycles. The molecule has 0 aliphatic carbocycles. The molecule has 1 heterocycles. The predicted molar refractivity (Wildman–Crippen MR) is 69.2 cm³/mol. The number of nitrogens with zero attached hydrogens (tertiary/aromatic N) is 2. The van der Waals surface area contributed by atoms with E-state index in [0.29, 0.717) is 11.0 Å².